The molecule has 0 aromatic carbocycles. The average Bonchev–Trinajstić information content (AvgIpc) is 2.23. The molecular weight excluding hydrogens is 206 g/mol. The number of nitrogens with zero attached hydrogens (tertiary/aromatic N) is 1. The summed E-state index contributed by atoms with van der Waals surface area (Å²) in [6.45, 7) is 5.03. The molecule has 90 valence electrons. The summed E-state index contributed by atoms with van der Waals surface area (Å²) in [7, 11) is 0. The fourth-order valence-electron chi connectivity index (χ4n) is 1.31. The Morgan fingerprint density at radius 1 is 1.50 bits per heavy atom. The number of hydrogen-bond donors (Lipinski definition) is 1. The number of ether oxygens (including phenoxy) is 1. The Morgan fingerprint density at radius 2 is 2.25 bits per heavy atom. The highest BCUT2D eigenvalue weighted by molar-refractivity contribution is 5.17. The number of rotatable bonds is 6. The lowest BCUT2D eigenvalue weighted by Gasteiger charge is -2.09. The average molecular weight is 225 g/mol. The van der Waals surface area contributed by atoms with Gasteiger partial charge in [0.05, 0.1) is 13.2 Å². The van der Waals surface area contributed by atoms with Crippen molar-refractivity contribution in [2.75, 3.05) is 13.2 Å². The molecule has 0 amide bonds. The minimum Gasteiger partial charge on any atom is -0.488 e. The molecule has 0 aliphatic heterocycles. The maximum absolute atomic E-state index is 11.8. The quantitative estimate of drug-likeness (QED) is 0.793. The van der Waals surface area contributed by atoms with E-state index in [2.05, 4.69) is 13.8 Å². The van der Waals surface area contributed by atoms with E-state index in [1.165, 1.54) is 4.57 Å². The van der Waals surface area contributed by atoms with Crippen LogP contribution in [-0.4, -0.2) is 22.9 Å². The Kier molecular flexibility index (Phi) is 5.05. The summed E-state index contributed by atoms with van der Waals surface area (Å²) in [5.41, 5.74) is -0.180. The van der Waals surface area contributed by atoms with Crippen molar-refractivity contribution in [3.05, 3.63) is 28.7 Å². The van der Waals surface area contributed by atoms with Gasteiger partial charge < -0.3 is 14.4 Å². The highest BCUT2D eigenvalue weighted by Crippen LogP contribution is 2.05. The van der Waals surface area contributed by atoms with Gasteiger partial charge in [0.15, 0.2) is 5.75 Å². The van der Waals surface area contributed by atoms with Crippen molar-refractivity contribution in [1.82, 2.24) is 4.57 Å². The third-order valence-corrected chi connectivity index (χ3v) is 2.28. The first kappa shape index (κ1) is 12.8. The van der Waals surface area contributed by atoms with Crippen molar-refractivity contribution in [1.29, 1.82) is 0 Å². The van der Waals surface area contributed by atoms with Crippen LogP contribution < -0.4 is 10.3 Å². The molecule has 0 fully saturated rings. The Balaban J connectivity index is 2.66. The van der Waals surface area contributed by atoms with Crippen molar-refractivity contribution in [2.24, 2.45) is 5.92 Å². The maximum atomic E-state index is 11.8. The Labute approximate surface area is 95.5 Å². The van der Waals surface area contributed by atoms with Crippen LogP contribution in [0.1, 0.15) is 20.3 Å². The third kappa shape index (κ3) is 3.70. The number of hydrogen-bond acceptors (Lipinski definition) is 3. The van der Waals surface area contributed by atoms with Gasteiger partial charge in [-0.15, -0.1) is 0 Å². The number of aromatic nitrogens is 1. The van der Waals surface area contributed by atoms with Gasteiger partial charge in [0.1, 0.15) is 0 Å². The molecule has 1 aromatic heterocycles. The van der Waals surface area contributed by atoms with Gasteiger partial charge >= 0.3 is 0 Å². The zero-order valence-corrected chi connectivity index (χ0v) is 9.85. The molecule has 0 saturated heterocycles. The fraction of sp³-hybridized carbons (Fsp3) is 0.583. The lowest BCUT2D eigenvalue weighted by molar-refractivity contribution is 0.265. The molecule has 16 heavy (non-hydrogen) atoms. The predicted octanol–water partition coefficient (Wildman–Crippen LogP) is 1.27. The molecule has 1 heterocycles. The van der Waals surface area contributed by atoms with E-state index in [1.54, 1.807) is 18.3 Å². The summed E-state index contributed by atoms with van der Waals surface area (Å²) in [6, 6.07) is 3.41. The molecule has 1 aromatic rings. The lowest BCUT2D eigenvalue weighted by Crippen LogP contribution is -2.23. The molecule has 0 spiro atoms. The van der Waals surface area contributed by atoms with Gasteiger partial charge in [-0.2, -0.15) is 0 Å². The van der Waals surface area contributed by atoms with E-state index in [4.69, 9.17) is 9.84 Å². The fourth-order valence-corrected chi connectivity index (χ4v) is 1.31. The summed E-state index contributed by atoms with van der Waals surface area (Å²) < 4.78 is 6.87. The summed E-state index contributed by atoms with van der Waals surface area (Å²) in [4.78, 5) is 11.8. The molecule has 0 unspecified atom stereocenters. The molecule has 1 N–H and O–H groups in total. The summed E-state index contributed by atoms with van der Waals surface area (Å²) >= 11 is 0. The second kappa shape index (κ2) is 6.33. The summed E-state index contributed by atoms with van der Waals surface area (Å²) in [5, 5.41) is 8.78. The van der Waals surface area contributed by atoms with Gasteiger partial charge in [0.25, 0.3) is 5.56 Å². The standard InChI is InChI=1S/C12H19NO3/c1-10(2)5-9-16-11-4-3-6-13(7-8-14)12(11)15/h3-4,6,10,14H,5,7-9H2,1-2H3. The second-order valence-corrected chi connectivity index (χ2v) is 4.13. The van der Waals surface area contributed by atoms with Crippen LogP contribution in [-0.2, 0) is 6.54 Å². The minimum absolute atomic E-state index is 0.0463. The molecule has 1 rings (SSSR count). The molecule has 4 heteroatoms. The first-order chi connectivity index (χ1) is 7.65. The maximum Gasteiger partial charge on any atom is 0.292 e. The van der Waals surface area contributed by atoms with Crippen LogP contribution >= 0.6 is 0 Å². The smallest absolute Gasteiger partial charge is 0.292 e. The van der Waals surface area contributed by atoms with E-state index < -0.39 is 0 Å². The van der Waals surface area contributed by atoms with Crippen LogP contribution in [0.15, 0.2) is 23.1 Å². The van der Waals surface area contributed by atoms with Gasteiger partial charge in [-0.3, -0.25) is 4.79 Å². The Hall–Kier alpha value is -1.29. The molecule has 0 saturated carbocycles. The predicted molar refractivity (Wildman–Crippen MR) is 62.7 cm³/mol. The van der Waals surface area contributed by atoms with Crippen LogP contribution in [0.3, 0.4) is 0 Å². The first-order valence-electron chi connectivity index (χ1n) is 5.58. The van der Waals surface area contributed by atoms with E-state index in [1.807, 2.05) is 0 Å². The second-order valence-electron chi connectivity index (χ2n) is 4.13. The zero-order chi connectivity index (χ0) is 12.0. The van der Waals surface area contributed by atoms with Crippen LogP contribution in [0.25, 0.3) is 0 Å². The van der Waals surface area contributed by atoms with Crippen molar-refractivity contribution < 1.29 is 9.84 Å². The van der Waals surface area contributed by atoms with Crippen molar-refractivity contribution in [3.8, 4) is 5.75 Å². The molecule has 0 atom stereocenters. The topological polar surface area (TPSA) is 51.5 Å². The monoisotopic (exact) mass is 225 g/mol. The van der Waals surface area contributed by atoms with Crippen molar-refractivity contribution >= 4 is 0 Å². The van der Waals surface area contributed by atoms with Gasteiger partial charge in [-0.25, -0.2) is 0 Å². The number of aliphatic hydroxyl groups excluding tert-OH is 1. The zero-order valence-electron chi connectivity index (χ0n) is 9.85. The number of pyridine rings is 1. The normalized spacial score (nSPS) is 10.8. The van der Waals surface area contributed by atoms with Crippen LogP contribution in [0, 0.1) is 5.92 Å². The molecule has 0 aliphatic carbocycles. The van der Waals surface area contributed by atoms with Crippen LogP contribution in [0.2, 0.25) is 0 Å². The molecule has 0 bridgehead atoms. The van der Waals surface area contributed by atoms with E-state index >= 15 is 0 Å². The Bertz CT molecular complexity index is 371. The van der Waals surface area contributed by atoms with E-state index in [0.29, 0.717) is 24.8 Å². The van der Waals surface area contributed by atoms with Crippen LogP contribution in [0.5, 0.6) is 5.75 Å². The highest BCUT2D eigenvalue weighted by Gasteiger charge is 2.04. The first-order valence-corrected chi connectivity index (χ1v) is 5.58. The largest absolute Gasteiger partial charge is 0.488 e. The van der Waals surface area contributed by atoms with E-state index in [9.17, 15) is 4.79 Å². The third-order valence-electron chi connectivity index (χ3n) is 2.28. The molecular formula is C12H19NO3. The number of aliphatic hydroxyl groups is 1. The van der Waals surface area contributed by atoms with Crippen molar-refractivity contribution in [3.63, 3.8) is 0 Å². The van der Waals surface area contributed by atoms with Gasteiger partial charge in [0, 0.05) is 12.7 Å². The Morgan fingerprint density at radius 3 is 2.88 bits per heavy atom. The van der Waals surface area contributed by atoms with Gasteiger partial charge in [-0.1, -0.05) is 13.8 Å². The van der Waals surface area contributed by atoms with E-state index in [-0.39, 0.29) is 12.2 Å². The molecule has 0 aliphatic rings. The van der Waals surface area contributed by atoms with Gasteiger partial charge in [-0.05, 0) is 24.5 Å². The minimum atomic E-state index is -0.180. The van der Waals surface area contributed by atoms with Gasteiger partial charge in [0.2, 0.25) is 0 Å². The summed E-state index contributed by atoms with van der Waals surface area (Å²) in [6.07, 6.45) is 2.57. The van der Waals surface area contributed by atoms with E-state index in [0.717, 1.165) is 6.42 Å². The highest BCUT2D eigenvalue weighted by atomic mass is 16.5. The lowest BCUT2D eigenvalue weighted by atomic mass is 10.1. The van der Waals surface area contributed by atoms with Crippen molar-refractivity contribution in [2.45, 2.75) is 26.8 Å². The molecule has 0 radical (unpaired) electrons. The van der Waals surface area contributed by atoms with Crippen LogP contribution in [0.4, 0.5) is 0 Å². The summed E-state index contributed by atoms with van der Waals surface area (Å²) in [5.74, 6) is 0.917. The SMILES string of the molecule is CC(C)CCOc1cccn(CCO)c1=O. The molecule has 4 nitrogen and oxygen atoms in total.